The van der Waals surface area contributed by atoms with E-state index in [0.717, 1.165) is 21.1 Å². The number of aryl methyl sites for hydroxylation is 5. The second kappa shape index (κ2) is 7.14. The lowest BCUT2D eigenvalue weighted by Gasteiger charge is -2.09. The molecule has 0 spiro atoms. The molecule has 0 aliphatic heterocycles. The minimum Gasteiger partial charge on any atom is -0.301 e. The number of carbonyl (C=O) groups is 1. The standard InChI is InChI=1S/C19H21N3OS2/c1-10-6-12(3)18-15(7-10)11(2)8-17(22-18)24-9-16(23)21-19-20-13(4)14(5)25-19/h6-8H,9H2,1-5H3,(H,20,21,23). The monoisotopic (exact) mass is 371 g/mol. The Labute approximate surface area is 156 Å². The summed E-state index contributed by atoms with van der Waals surface area (Å²) in [6.45, 7) is 10.2. The van der Waals surface area contributed by atoms with Gasteiger partial charge in [0.15, 0.2) is 5.13 Å². The van der Waals surface area contributed by atoms with Crippen LogP contribution >= 0.6 is 23.1 Å². The molecular formula is C19H21N3OS2. The Hall–Kier alpha value is -1.92. The zero-order chi connectivity index (χ0) is 18.1. The van der Waals surface area contributed by atoms with E-state index in [1.54, 1.807) is 0 Å². The highest BCUT2D eigenvalue weighted by Gasteiger charge is 2.11. The summed E-state index contributed by atoms with van der Waals surface area (Å²) in [5.74, 6) is 0.263. The molecule has 0 aliphatic rings. The molecule has 130 valence electrons. The number of aromatic nitrogens is 2. The molecule has 4 nitrogen and oxygen atoms in total. The molecule has 0 saturated heterocycles. The van der Waals surface area contributed by atoms with Crippen LogP contribution in [0.25, 0.3) is 10.9 Å². The van der Waals surface area contributed by atoms with Gasteiger partial charge in [0, 0.05) is 10.3 Å². The van der Waals surface area contributed by atoms with Crippen LogP contribution in [0.1, 0.15) is 27.3 Å². The number of anilines is 1. The third-order valence-corrected chi connectivity index (χ3v) is 5.96. The lowest BCUT2D eigenvalue weighted by atomic mass is 10.0. The van der Waals surface area contributed by atoms with Crippen LogP contribution in [0.5, 0.6) is 0 Å². The molecule has 1 N–H and O–H groups in total. The molecule has 3 rings (SSSR count). The zero-order valence-electron chi connectivity index (χ0n) is 15.1. The van der Waals surface area contributed by atoms with Gasteiger partial charge in [-0.2, -0.15) is 0 Å². The largest absolute Gasteiger partial charge is 0.301 e. The summed E-state index contributed by atoms with van der Waals surface area (Å²) in [6.07, 6.45) is 0. The van der Waals surface area contributed by atoms with Gasteiger partial charge in [0.05, 0.1) is 22.0 Å². The fourth-order valence-electron chi connectivity index (χ4n) is 2.71. The van der Waals surface area contributed by atoms with E-state index in [1.807, 2.05) is 13.8 Å². The topological polar surface area (TPSA) is 54.9 Å². The third-order valence-electron chi connectivity index (χ3n) is 4.06. The Kier molecular flexibility index (Phi) is 5.11. The molecule has 0 saturated carbocycles. The van der Waals surface area contributed by atoms with Crippen LogP contribution in [0.3, 0.4) is 0 Å². The van der Waals surface area contributed by atoms with Crippen molar-refractivity contribution in [2.75, 3.05) is 11.1 Å². The predicted molar refractivity (Wildman–Crippen MR) is 107 cm³/mol. The minimum absolute atomic E-state index is 0.0565. The number of nitrogens with one attached hydrogen (secondary N) is 1. The van der Waals surface area contributed by atoms with Crippen LogP contribution in [0.2, 0.25) is 0 Å². The first-order valence-electron chi connectivity index (χ1n) is 8.09. The molecule has 0 bridgehead atoms. The number of pyridine rings is 1. The molecule has 1 aromatic carbocycles. The number of thiazole rings is 1. The second-order valence-electron chi connectivity index (χ2n) is 6.25. The number of thioether (sulfide) groups is 1. The maximum atomic E-state index is 12.2. The predicted octanol–water partition coefficient (Wildman–Crippen LogP) is 4.96. The molecule has 2 aromatic heterocycles. The average Bonchev–Trinajstić information content (AvgIpc) is 2.84. The summed E-state index contributed by atoms with van der Waals surface area (Å²) >= 11 is 2.96. The van der Waals surface area contributed by atoms with Crippen molar-refractivity contribution in [3.05, 3.63) is 45.5 Å². The van der Waals surface area contributed by atoms with Gasteiger partial charge >= 0.3 is 0 Å². The summed E-state index contributed by atoms with van der Waals surface area (Å²) in [5, 5.41) is 5.58. The maximum absolute atomic E-state index is 12.2. The number of hydrogen-bond acceptors (Lipinski definition) is 5. The van der Waals surface area contributed by atoms with Crippen LogP contribution in [-0.2, 0) is 4.79 Å². The molecule has 1 amide bonds. The molecule has 0 radical (unpaired) electrons. The minimum atomic E-state index is -0.0565. The quantitative estimate of drug-likeness (QED) is 0.658. The molecule has 0 aliphatic carbocycles. The highest BCUT2D eigenvalue weighted by molar-refractivity contribution is 7.99. The molecule has 0 atom stereocenters. The molecule has 2 heterocycles. The van der Waals surface area contributed by atoms with Crippen molar-refractivity contribution in [3.63, 3.8) is 0 Å². The van der Waals surface area contributed by atoms with E-state index < -0.39 is 0 Å². The molecule has 3 aromatic rings. The van der Waals surface area contributed by atoms with Gasteiger partial charge in [0.1, 0.15) is 0 Å². The lowest BCUT2D eigenvalue weighted by molar-refractivity contribution is -0.113. The Bertz CT molecular complexity index is 943. The third kappa shape index (κ3) is 4.02. The Balaban J connectivity index is 1.73. The number of carbonyl (C=O) groups excluding carboxylic acids is 1. The number of rotatable bonds is 4. The van der Waals surface area contributed by atoms with Crippen molar-refractivity contribution in [3.8, 4) is 0 Å². The Morgan fingerprint density at radius 2 is 1.84 bits per heavy atom. The number of amides is 1. The van der Waals surface area contributed by atoms with Crippen LogP contribution in [0.15, 0.2) is 23.2 Å². The van der Waals surface area contributed by atoms with Gasteiger partial charge in [0.25, 0.3) is 0 Å². The zero-order valence-corrected chi connectivity index (χ0v) is 16.7. The van der Waals surface area contributed by atoms with Gasteiger partial charge in [-0.05, 0) is 57.9 Å². The van der Waals surface area contributed by atoms with E-state index in [-0.39, 0.29) is 5.91 Å². The fraction of sp³-hybridized carbons (Fsp3) is 0.316. The smallest absolute Gasteiger partial charge is 0.236 e. The van der Waals surface area contributed by atoms with Crippen molar-refractivity contribution in [2.45, 2.75) is 39.6 Å². The number of nitrogens with zero attached hydrogens (tertiary/aromatic N) is 2. The summed E-state index contributed by atoms with van der Waals surface area (Å²) in [4.78, 5) is 22.4. The van der Waals surface area contributed by atoms with Gasteiger partial charge in [-0.25, -0.2) is 9.97 Å². The lowest BCUT2D eigenvalue weighted by Crippen LogP contribution is -2.14. The van der Waals surface area contributed by atoms with Gasteiger partial charge in [-0.1, -0.05) is 23.4 Å². The highest BCUT2D eigenvalue weighted by Crippen LogP contribution is 2.27. The van der Waals surface area contributed by atoms with Gasteiger partial charge < -0.3 is 5.32 Å². The summed E-state index contributed by atoms with van der Waals surface area (Å²) in [6, 6.07) is 6.36. The Morgan fingerprint density at radius 3 is 2.52 bits per heavy atom. The SMILES string of the molecule is Cc1cc(C)c2nc(SCC(=O)Nc3nc(C)c(C)s3)cc(C)c2c1. The normalized spacial score (nSPS) is 11.1. The van der Waals surface area contributed by atoms with Gasteiger partial charge in [0.2, 0.25) is 5.91 Å². The van der Waals surface area contributed by atoms with Gasteiger partial charge in [-0.15, -0.1) is 11.3 Å². The first-order chi connectivity index (χ1) is 11.8. The molecule has 0 fully saturated rings. The second-order valence-corrected chi connectivity index (χ2v) is 8.45. The average molecular weight is 372 g/mol. The first-order valence-corrected chi connectivity index (χ1v) is 9.89. The van der Waals surface area contributed by atoms with E-state index in [4.69, 9.17) is 4.98 Å². The molecule has 25 heavy (non-hydrogen) atoms. The van der Waals surface area contributed by atoms with Crippen molar-refractivity contribution < 1.29 is 4.79 Å². The van der Waals surface area contributed by atoms with E-state index in [9.17, 15) is 4.79 Å². The van der Waals surface area contributed by atoms with E-state index in [1.165, 1.54) is 45.2 Å². The van der Waals surface area contributed by atoms with Crippen molar-refractivity contribution in [2.24, 2.45) is 0 Å². The molecule has 0 unspecified atom stereocenters. The summed E-state index contributed by atoms with van der Waals surface area (Å²) in [7, 11) is 0. The van der Waals surface area contributed by atoms with Crippen LogP contribution < -0.4 is 5.32 Å². The highest BCUT2D eigenvalue weighted by atomic mass is 32.2. The Morgan fingerprint density at radius 1 is 1.08 bits per heavy atom. The van der Waals surface area contributed by atoms with Crippen LogP contribution in [0.4, 0.5) is 5.13 Å². The van der Waals surface area contributed by atoms with E-state index in [0.29, 0.717) is 10.9 Å². The number of fused-ring (bicyclic) bond motifs is 1. The van der Waals surface area contributed by atoms with Crippen LogP contribution in [0, 0.1) is 34.6 Å². The van der Waals surface area contributed by atoms with Crippen molar-refractivity contribution in [1.29, 1.82) is 0 Å². The van der Waals surface area contributed by atoms with Crippen molar-refractivity contribution in [1.82, 2.24) is 9.97 Å². The fourth-order valence-corrected chi connectivity index (χ4v) is 4.31. The molecule has 6 heteroatoms. The molecular weight excluding hydrogens is 350 g/mol. The maximum Gasteiger partial charge on any atom is 0.236 e. The first kappa shape index (κ1) is 17.9. The summed E-state index contributed by atoms with van der Waals surface area (Å²) in [5.41, 5.74) is 5.57. The van der Waals surface area contributed by atoms with Crippen LogP contribution in [-0.4, -0.2) is 21.6 Å². The summed E-state index contributed by atoms with van der Waals surface area (Å²) < 4.78 is 0. The number of benzene rings is 1. The van der Waals surface area contributed by atoms with E-state index in [2.05, 4.69) is 49.3 Å². The van der Waals surface area contributed by atoms with E-state index >= 15 is 0 Å². The number of hydrogen-bond donors (Lipinski definition) is 1. The van der Waals surface area contributed by atoms with Gasteiger partial charge in [-0.3, -0.25) is 4.79 Å². The van der Waals surface area contributed by atoms with Crippen molar-refractivity contribution >= 4 is 45.0 Å².